The molecule has 0 bridgehead atoms. The van der Waals surface area contributed by atoms with Gasteiger partial charge in [0, 0.05) is 43.0 Å². The van der Waals surface area contributed by atoms with Crippen LogP contribution in [0.2, 0.25) is 0 Å². The predicted molar refractivity (Wildman–Crippen MR) is 174 cm³/mol. The zero-order valence-electron chi connectivity index (χ0n) is 25.7. The average molecular weight is 667 g/mol. The van der Waals surface area contributed by atoms with Crippen LogP contribution in [0.3, 0.4) is 0 Å². The van der Waals surface area contributed by atoms with Crippen molar-refractivity contribution in [2.24, 2.45) is 23.5 Å². The van der Waals surface area contributed by atoms with Gasteiger partial charge in [0.1, 0.15) is 4.75 Å². The zero-order valence-corrected chi connectivity index (χ0v) is 28.2. The van der Waals surface area contributed by atoms with Gasteiger partial charge in [-0.15, -0.1) is 11.8 Å². The highest BCUT2D eigenvalue weighted by atomic mass is 32.2. The van der Waals surface area contributed by atoms with Gasteiger partial charge < -0.3 is 15.5 Å². The van der Waals surface area contributed by atoms with Crippen LogP contribution in [-0.2, 0) is 24.2 Å². The highest BCUT2D eigenvalue weighted by Crippen LogP contribution is 2.52. The number of rotatable bonds is 7. The van der Waals surface area contributed by atoms with Crippen molar-refractivity contribution >= 4 is 56.8 Å². The highest BCUT2D eigenvalue weighted by molar-refractivity contribution is 8.05. The first-order valence-electron chi connectivity index (χ1n) is 15.8. The number of anilines is 1. The van der Waals surface area contributed by atoms with Crippen molar-refractivity contribution < 1.29 is 28.0 Å². The van der Waals surface area contributed by atoms with E-state index in [-0.39, 0.29) is 29.6 Å². The number of nitrogens with zero attached hydrogens (tertiary/aromatic N) is 2. The molecule has 4 aliphatic rings. The quantitative estimate of drug-likeness (QED) is 0.294. The second kappa shape index (κ2) is 13.4. The summed E-state index contributed by atoms with van der Waals surface area (Å²) >= 11 is 2.96. The van der Waals surface area contributed by atoms with Gasteiger partial charge in [-0.3, -0.25) is 19.6 Å². The Labute approximate surface area is 269 Å². The monoisotopic (exact) mass is 666 g/mol. The molecule has 10 nitrogen and oxygen atoms in total. The Hall–Kier alpha value is -1.96. The number of carbonyl (C=O) groups excluding carboxylic acids is 3. The molecule has 0 aliphatic carbocycles. The Morgan fingerprint density at radius 2 is 1.66 bits per heavy atom. The summed E-state index contributed by atoms with van der Waals surface area (Å²) in [4.78, 5) is 43.5. The summed E-state index contributed by atoms with van der Waals surface area (Å²) in [5.41, 5.74) is 8.41. The van der Waals surface area contributed by atoms with Crippen LogP contribution in [0.5, 0.6) is 0 Å². The summed E-state index contributed by atoms with van der Waals surface area (Å²) < 4.78 is 25.6. The largest absolute Gasteiger partial charge is 0.371 e. The van der Waals surface area contributed by atoms with Crippen molar-refractivity contribution in [2.45, 2.75) is 84.9 Å². The van der Waals surface area contributed by atoms with E-state index in [0.717, 1.165) is 56.6 Å². The van der Waals surface area contributed by atoms with Crippen LogP contribution in [0.4, 0.5) is 5.69 Å². The molecule has 0 saturated carbocycles. The van der Waals surface area contributed by atoms with Gasteiger partial charge in [-0.25, -0.2) is 13.9 Å². The van der Waals surface area contributed by atoms with Gasteiger partial charge >= 0.3 is 0 Å². The molecular formula is C31H46N4O6S3. The summed E-state index contributed by atoms with van der Waals surface area (Å²) in [5, 5.41) is 9.23. The number of nitrogens with one attached hydrogen (secondary N) is 1. The minimum absolute atomic E-state index is 0.00155. The lowest BCUT2D eigenvalue weighted by Gasteiger charge is -2.46. The summed E-state index contributed by atoms with van der Waals surface area (Å²) in [7, 11) is -4.26. The number of hydrogen-bond donors (Lipinski definition) is 3. The van der Waals surface area contributed by atoms with Gasteiger partial charge in [0.25, 0.3) is 5.91 Å². The lowest BCUT2D eigenvalue weighted by molar-refractivity contribution is -0.139. The molecule has 44 heavy (non-hydrogen) atoms. The fourth-order valence-electron chi connectivity index (χ4n) is 7.77. The summed E-state index contributed by atoms with van der Waals surface area (Å²) in [6.07, 6.45) is 4.85. The Kier molecular flexibility index (Phi) is 10.2. The predicted octanol–water partition coefficient (Wildman–Crippen LogP) is 3.46. The lowest BCUT2D eigenvalue weighted by atomic mass is 9.87. The van der Waals surface area contributed by atoms with Gasteiger partial charge in [0.05, 0.1) is 4.90 Å². The average Bonchev–Trinajstić information content (AvgIpc) is 3.03. The van der Waals surface area contributed by atoms with E-state index in [4.69, 9.17) is 5.73 Å². The van der Waals surface area contributed by atoms with Crippen LogP contribution in [-0.4, -0.2) is 88.7 Å². The Balaban J connectivity index is 1.31. The van der Waals surface area contributed by atoms with Crippen molar-refractivity contribution in [3.05, 3.63) is 24.3 Å². The van der Waals surface area contributed by atoms with Crippen LogP contribution in [0.1, 0.15) is 65.2 Å². The van der Waals surface area contributed by atoms with Gasteiger partial charge in [-0.2, -0.15) is 11.8 Å². The summed E-state index contributed by atoms with van der Waals surface area (Å²) in [5.74, 6) is 0.934. The fourth-order valence-corrected chi connectivity index (χ4v) is 13.5. The van der Waals surface area contributed by atoms with Crippen molar-refractivity contribution in [3.63, 3.8) is 0 Å². The van der Waals surface area contributed by atoms with Crippen LogP contribution >= 0.6 is 23.5 Å². The van der Waals surface area contributed by atoms with E-state index in [2.05, 4.69) is 18.7 Å². The number of sulfone groups is 1. The molecule has 4 N–H and O–H groups in total. The SMILES string of the molecule is CC1CC(C)CN(C(=O)C2CCN(c3ccc(S(=O)(=O)C4(C(=O)NO)CCSC(C5(C(N)=O)CCCCS5)C4)cc3)CC2)C1. The third kappa shape index (κ3) is 6.22. The third-order valence-corrected chi connectivity index (χ3v) is 15.9. The number of piperidine rings is 2. The molecule has 5 unspecified atom stereocenters. The molecule has 1 aromatic carbocycles. The maximum Gasteiger partial charge on any atom is 0.265 e. The molecule has 244 valence electrons. The van der Waals surface area contributed by atoms with Crippen LogP contribution in [0.25, 0.3) is 0 Å². The minimum Gasteiger partial charge on any atom is -0.371 e. The molecule has 4 fully saturated rings. The number of hydroxylamine groups is 1. The normalized spacial score (nSPS) is 32.2. The maximum absolute atomic E-state index is 14.3. The number of benzene rings is 1. The second-order valence-corrected chi connectivity index (χ2v) is 18.3. The van der Waals surface area contributed by atoms with Gasteiger partial charge in [-0.05, 0) is 92.6 Å². The lowest BCUT2D eigenvalue weighted by Crippen LogP contribution is -2.60. The number of thioether (sulfide) groups is 2. The maximum atomic E-state index is 14.3. The van der Waals surface area contributed by atoms with Crippen LogP contribution < -0.4 is 16.1 Å². The molecular weight excluding hydrogens is 621 g/mol. The van der Waals surface area contributed by atoms with E-state index in [0.29, 0.717) is 37.1 Å². The molecule has 5 atom stereocenters. The number of nitrogens with two attached hydrogens (primary N) is 1. The van der Waals surface area contributed by atoms with Crippen molar-refractivity contribution in [1.29, 1.82) is 0 Å². The molecule has 4 aliphatic heterocycles. The number of likely N-dealkylation sites (tertiary alicyclic amines) is 1. The Bertz CT molecular complexity index is 1320. The van der Waals surface area contributed by atoms with E-state index in [1.807, 2.05) is 4.90 Å². The van der Waals surface area contributed by atoms with Gasteiger partial charge in [-0.1, -0.05) is 20.3 Å². The standard InChI is InChI=1S/C31H46N4O6S3/c1-21-17-22(2)20-35(19-21)27(36)23-9-13-34(14-10-23)24-5-7-25(8-6-24)44(40,41)30(29(38)33-39)12-16-42-26(18-30)31(28(32)37)11-3-4-15-43-31/h5-8,21-23,26,39H,3-4,9-20H2,1-2H3,(H2,32,37)(H,33,38). The van der Waals surface area contributed by atoms with Crippen LogP contribution in [0.15, 0.2) is 29.2 Å². The van der Waals surface area contributed by atoms with E-state index < -0.39 is 36.4 Å². The molecule has 0 spiro atoms. The van der Waals surface area contributed by atoms with Gasteiger partial charge in [0.2, 0.25) is 11.8 Å². The Morgan fingerprint density at radius 1 is 1.00 bits per heavy atom. The number of carbonyl (C=O) groups is 3. The highest BCUT2D eigenvalue weighted by Gasteiger charge is 2.59. The van der Waals surface area contributed by atoms with E-state index >= 15 is 0 Å². The summed E-state index contributed by atoms with van der Waals surface area (Å²) in [6.45, 7) is 7.47. The minimum atomic E-state index is -4.26. The third-order valence-electron chi connectivity index (χ3n) is 10.1. The van der Waals surface area contributed by atoms with E-state index in [9.17, 15) is 28.0 Å². The van der Waals surface area contributed by atoms with E-state index in [1.54, 1.807) is 17.6 Å². The molecule has 4 saturated heterocycles. The fraction of sp³-hybridized carbons (Fsp3) is 0.710. The molecule has 1 aromatic rings. The molecule has 0 radical (unpaired) electrons. The van der Waals surface area contributed by atoms with Crippen molar-refractivity contribution in [3.8, 4) is 0 Å². The van der Waals surface area contributed by atoms with Crippen molar-refractivity contribution in [1.82, 2.24) is 10.4 Å². The first-order chi connectivity index (χ1) is 20.9. The van der Waals surface area contributed by atoms with Gasteiger partial charge in [0.15, 0.2) is 14.6 Å². The molecule has 13 heteroatoms. The van der Waals surface area contributed by atoms with Crippen LogP contribution in [0, 0.1) is 17.8 Å². The number of primary amides is 1. The van der Waals surface area contributed by atoms with Crippen molar-refractivity contribution in [2.75, 3.05) is 42.6 Å². The number of amides is 3. The topological polar surface area (TPSA) is 150 Å². The smallest absolute Gasteiger partial charge is 0.265 e. The number of hydrogen-bond acceptors (Lipinski definition) is 9. The first kappa shape index (κ1) is 33.4. The zero-order chi connectivity index (χ0) is 31.7. The first-order valence-corrected chi connectivity index (χ1v) is 19.3. The molecule has 4 heterocycles. The molecule has 3 amide bonds. The Morgan fingerprint density at radius 3 is 2.23 bits per heavy atom. The molecule has 0 aromatic heterocycles. The summed E-state index contributed by atoms with van der Waals surface area (Å²) in [6, 6.07) is 6.57. The second-order valence-electron chi connectivity index (χ2n) is 13.3. The van der Waals surface area contributed by atoms with E-state index in [1.165, 1.54) is 35.7 Å². The molecule has 5 rings (SSSR count).